The van der Waals surface area contributed by atoms with E-state index in [0.717, 1.165) is 5.57 Å². The molecule has 178 valence electrons. The lowest BCUT2D eigenvalue weighted by atomic mass is 10.0. The van der Waals surface area contributed by atoms with Gasteiger partial charge in [0.05, 0.1) is 25.5 Å². The maximum atomic E-state index is 8.50. The van der Waals surface area contributed by atoms with Crippen LogP contribution >= 0.6 is 0 Å². The molecule has 0 saturated heterocycles. The number of nitrogens with one attached hydrogen (secondary N) is 2. The molecule has 0 aliphatic carbocycles. The van der Waals surface area contributed by atoms with Gasteiger partial charge in [0.25, 0.3) is 0 Å². The van der Waals surface area contributed by atoms with E-state index in [2.05, 4.69) is 25.4 Å². The molecule has 0 atom stereocenters. The minimum Gasteiger partial charge on any atom is -0.493 e. The third-order valence-corrected chi connectivity index (χ3v) is 5.04. The normalized spacial score (nSPS) is 13.0. The van der Waals surface area contributed by atoms with Crippen molar-refractivity contribution in [3.05, 3.63) is 41.9 Å². The Labute approximate surface area is 198 Å². The fraction of sp³-hybridized carbons (Fsp3) is 0.375. The number of ether oxygens (including phenoxy) is 3. The monoisotopic (exact) mass is 463 g/mol. The predicted molar refractivity (Wildman–Crippen MR) is 130 cm³/mol. The number of pyridine rings is 1. The Morgan fingerprint density at radius 1 is 1.15 bits per heavy atom. The van der Waals surface area contributed by atoms with Crippen LogP contribution in [0.4, 0.5) is 11.6 Å². The SMILES string of the molecule is CC(C)=C(C(=N)OC(C)C)c1cnc2cc1OCCCOc1c(cnn1C)-c1nccc(n1)N2. The fourth-order valence-corrected chi connectivity index (χ4v) is 3.58. The lowest BCUT2D eigenvalue weighted by molar-refractivity contribution is 0.229. The molecule has 10 heteroatoms. The maximum absolute atomic E-state index is 8.50. The van der Waals surface area contributed by atoms with E-state index in [1.54, 1.807) is 29.3 Å². The number of hydrogen-bond donors (Lipinski definition) is 2. The molecule has 10 nitrogen and oxygen atoms in total. The average Bonchev–Trinajstić information content (AvgIpc) is 3.14. The summed E-state index contributed by atoms with van der Waals surface area (Å²) in [6.07, 6.45) is 5.58. The van der Waals surface area contributed by atoms with Crippen molar-refractivity contribution in [3.63, 3.8) is 0 Å². The van der Waals surface area contributed by atoms with Crippen LogP contribution in [0.15, 0.2) is 36.3 Å². The van der Waals surface area contributed by atoms with Gasteiger partial charge < -0.3 is 19.5 Å². The molecule has 0 aromatic carbocycles. The van der Waals surface area contributed by atoms with Crippen LogP contribution in [0.3, 0.4) is 0 Å². The number of aromatic nitrogens is 5. The molecule has 1 aliphatic heterocycles. The number of nitrogens with zero attached hydrogens (tertiary/aromatic N) is 5. The first-order chi connectivity index (χ1) is 16.3. The van der Waals surface area contributed by atoms with Gasteiger partial charge in [-0.1, -0.05) is 5.57 Å². The van der Waals surface area contributed by atoms with E-state index in [1.165, 1.54) is 0 Å². The first-order valence-corrected chi connectivity index (χ1v) is 11.1. The highest BCUT2D eigenvalue weighted by molar-refractivity contribution is 6.19. The van der Waals surface area contributed by atoms with Gasteiger partial charge >= 0.3 is 0 Å². The molecule has 3 aromatic rings. The van der Waals surface area contributed by atoms with Crippen LogP contribution in [0.25, 0.3) is 17.0 Å². The summed E-state index contributed by atoms with van der Waals surface area (Å²) in [4.78, 5) is 13.6. The third kappa shape index (κ3) is 5.00. The van der Waals surface area contributed by atoms with Crippen LogP contribution in [-0.2, 0) is 11.8 Å². The molecule has 4 rings (SSSR count). The van der Waals surface area contributed by atoms with Crippen LogP contribution in [0.5, 0.6) is 11.6 Å². The summed E-state index contributed by atoms with van der Waals surface area (Å²) in [6.45, 7) is 8.52. The minimum atomic E-state index is -0.119. The molecule has 34 heavy (non-hydrogen) atoms. The standard InChI is InChI=1S/C24H29N7O3/c1-14(2)21(22(25)34-15(3)4)16-12-27-20-11-18(16)32-9-6-10-33-24-17(13-28-31(24)5)23-26-8-7-19(29-20)30-23/h7-8,11-13,15,25H,6,9-10H2,1-5H3,(H,26,27,29,30). The number of aryl methyl sites for hydroxylation is 1. The van der Waals surface area contributed by atoms with E-state index in [0.29, 0.717) is 65.4 Å². The van der Waals surface area contributed by atoms with Crippen molar-refractivity contribution in [2.45, 2.75) is 40.2 Å². The molecule has 2 N–H and O–H groups in total. The highest BCUT2D eigenvalue weighted by Crippen LogP contribution is 2.33. The summed E-state index contributed by atoms with van der Waals surface area (Å²) in [6, 6.07) is 3.57. The van der Waals surface area contributed by atoms with Crippen LogP contribution in [-0.4, -0.2) is 49.9 Å². The summed E-state index contributed by atoms with van der Waals surface area (Å²) in [5.41, 5.74) is 3.00. The molecular weight excluding hydrogens is 434 g/mol. The zero-order chi connectivity index (χ0) is 24.2. The molecule has 0 fully saturated rings. The second kappa shape index (κ2) is 9.90. The molecule has 0 radical (unpaired) electrons. The second-order valence-corrected chi connectivity index (χ2v) is 8.36. The van der Waals surface area contributed by atoms with Crippen molar-refractivity contribution in [1.82, 2.24) is 24.7 Å². The zero-order valence-corrected chi connectivity index (χ0v) is 20.0. The third-order valence-electron chi connectivity index (χ3n) is 5.04. The lowest BCUT2D eigenvalue weighted by Gasteiger charge is -2.19. The van der Waals surface area contributed by atoms with Crippen molar-refractivity contribution >= 4 is 23.1 Å². The second-order valence-electron chi connectivity index (χ2n) is 8.36. The van der Waals surface area contributed by atoms with Gasteiger partial charge in [0.2, 0.25) is 11.8 Å². The number of allylic oxidation sites excluding steroid dienone is 1. The van der Waals surface area contributed by atoms with Crippen molar-refractivity contribution < 1.29 is 14.2 Å². The number of anilines is 2. The molecule has 4 bridgehead atoms. The maximum Gasteiger partial charge on any atom is 0.222 e. The minimum absolute atomic E-state index is 0.0873. The number of rotatable bonds is 3. The molecular formula is C24H29N7O3. The van der Waals surface area contributed by atoms with Gasteiger partial charge in [-0.2, -0.15) is 5.10 Å². The first-order valence-electron chi connectivity index (χ1n) is 11.1. The van der Waals surface area contributed by atoms with Crippen molar-refractivity contribution in [3.8, 4) is 23.0 Å². The summed E-state index contributed by atoms with van der Waals surface area (Å²) in [5.74, 6) is 2.92. The van der Waals surface area contributed by atoms with Gasteiger partial charge in [0.15, 0.2) is 5.82 Å². The first kappa shape index (κ1) is 23.2. The smallest absolute Gasteiger partial charge is 0.222 e. The summed E-state index contributed by atoms with van der Waals surface area (Å²) in [7, 11) is 1.82. The van der Waals surface area contributed by atoms with Crippen molar-refractivity contribution in [1.29, 1.82) is 5.41 Å². The average molecular weight is 464 g/mol. The largest absolute Gasteiger partial charge is 0.493 e. The van der Waals surface area contributed by atoms with Gasteiger partial charge in [0, 0.05) is 43.1 Å². The molecule has 0 unspecified atom stereocenters. The Bertz CT molecular complexity index is 1230. The van der Waals surface area contributed by atoms with Gasteiger partial charge in [-0.05, 0) is 33.8 Å². The molecule has 0 amide bonds. The molecule has 4 heterocycles. The van der Waals surface area contributed by atoms with E-state index >= 15 is 0 Å². The van der Waals surface area contributed by atoms with Crippen molar-refractivity contribution in [2.24, 2.45) is 7.05 Å². The van der Waals surface area contributed by atoms with E-state index in [9.17, 15) is 0 Å². The number of fused-ring (bicyclic) bond motifs is 6. The Kier molecular flexibility index (Phi) is 6.76. The predicted octanol–water partition coefficient (Wildman–Crippen LogP) is 4.37. The lowest BCUT2D eigenvalue weighted by Crippen LogP contribution is -2.15. The highest BCUT2D eigenvalue weighted by Gasteiger charge is 2.20. The van der Waals surface area contributed by atoms with Crippen LogP contribution in [0, 0.1) is 5.41 Å². The molecule has 1 aliphatic rings. The van der Waals surface area contributed by atoms with E-state index in [-0.39, 0.29) is 12.0 Å². The Balaban J connectivity index is 1.74. The fourth-order valence-electron chi connectivity index (χ4n) is 3.58. The van der Waals surface area contributed by atoms with Crippen LogP contribution in [0.1, 0.15) is 39.7 Å². The number of hydrogen-bond acceptors (Lipinski definition) is 9. The van der Waals surface area contributed by atoms with Gasteiger partial charge in [-0.25, -0.2) is 19.6 Å². The van der Waals surface area contributed by atoms with Crippen molar-refractivity contribution in [2.75, 3.05) is 18.5 Å². The Morgan fingerprint density at radius 3 is 2.71 bits per heavy atom. The Hall–Kier alpha value is -3.95. The van der Waals surface area contributed by atoms with E-state index in [4.69, 9.17) is 19.6 Å². The summed E-state index contributed by atoms with van der Waals surface area (Å²) in [5, 5.41) is 16.0. The van der Waals surface area contributed by atoms with Crippen LogP contribution in [0.2, 0.25) is 0 Å². The molecule has 0 saturated carbocycles. The molecule has 3 aromatic heterocycles. The van der Waals surface area contributed by atoms with E-state index < -0.39 is 0 Å². The van der Waals surface area contributed by atoms with Gasteiger partial charge in [0.1, 0.15) is 22.9 Å². The summed E-state index contributed by atoms with van der Waals surface area (Å²) >= 11 is 0. The topological polar surface area (TPSA) is 120 Å². The Morgan fingerprint density at radius 2 is 1.94 bits per heavy atom. The zero-order valence-electron chi connectivity index (χ0n) is 20.0. The molecule has 0 spiro atoms. The van der Waals surface area contributed by atoms with Gasteiger partial charge in [-0.3, -0.25) is 5.41 Å². The van der Waals surface area contributed by atoms with Crippen LogP contribution < -0.4 is 14.8 Å². The highest BCUT2D eigenvalue weighted by atomic mass is 16.5. The van der Waals surface area contributed by atoms with Gasteiger partial charge in [-0.15, -0.1) is 0 Å². The summed E-state index contributed by atoms with van der Waals surface area (Å²) < 4.78 is 19.5. The van der Waals surface area contributed by atoms with E-state index in [1.807, 2.05) is 40.8 Å². The quantitative estimate of drug-likeness (QED) is 0.434.